The van der Waals surface area contributed by atoms with Crippen LogP contribution in [0, 0.1) is 5.92 Å². The molecule has 0 aromatic heterocycles. The number of hydrogen-bond acceptors (Lipinski definition) is 2. The minimum absolute atomic E-state index is 0.189. The van der Waals surface area contributed by atoms with E-state index >= 15 is 0 Å². The van der Waals surface area contributed by atoms with Crippen LogP contribution in [0.3, 0.4) is 0 Å². The van der Waals surface area contributed by atoms with Crippen molar-refractivity contribution in [2.24, 2.45) is 5.92 Å². The molecular weight excluding hydrogens is 190 g/mol. The van der Waals surface area contributed by atoms with Crippen molar-refractivity contribution in [1.82, 2.24) is 4.90 Å². The Morgan fingerprint density at radius 3 is 2.80 bits per heavy atom. The Balaban J connectivity index is 2.04. The van der Waals surface area contributed by atoms with Crippen LogP contribution >= 0.6 is 0 Å². The van der Waals surface area contributed by atoms with E-state index in [2.05, 4.69) is 4.90 Å². The molecule has 2 aliphatic rings. The predicted molar refractivity (Wildman–Crippen MR) is 58.5 cm³/mol. The molecule has 3 nitrogen and oxygen atoms in total. The fourth-order valence-corrected chi connectivity index (χ4v) is 3.06. The Labute approximate surface area is 91.8 Å². The average Bonchev–Trinajstić information content (AvgIpc) is 2.74. The number of nitrogens with zero attached hydrogens (tertiary/aromatic N) is 1. The molecule has 1 aliphatic heterocycles. The fraction of sp³-hybridized carbons (Fsp3) is 0.917. The van der Waals surface area contributed by atoms with Gasteiger partial charge in [0.2, 0.25) is 0 Å². The van der Waals surface area contributed by atoms with Gasteiger partial charge in [0.25, 0.3) is 5.91 Å². The number of carbonyl (C=O) groups is 1. The maximum atomic E-state index is 12.1. The summed E-state index contributed by atoms with van der Waals surface area (Å²) >= 11 is 0. The van der Waals surface area contributed by atoms with E-state index in [4.69, 9.17) is 4.74 Å². The molecule has 0 aromatic rings. The Morgan fingerprint density at radius 1 is 1.33 bits per heavy atom. The molecule has 1 aliphatic carbocycles. The molecule has 3 unspecified atom stereocenters. The van der Waals surface area contributed by atoms with Gasteiger partial charge in [-0.25, -0.2) is 0 Å². The topological polar surface area (TPSA) is 29.5 Å². The number of ether oxygens (including phenoxy) is 1. The second-order valence-electron chi connectivity index (χ2n) is 4.81. The molecule has 1 heterocycles. The summed E-state index contributed by atoms with van der Waals surface area (Å²) in [7, 11) is 1.61. The lowest BCUT2D eigenvalue weighted by Gasteiger charge is -2.38. The first-order chi connectivity index (χ1) is 7.24. The van der Waals surface area contributed by atoms with Crippen molar-refractivity contribution in [1.29, 1.82) is 0 Å². The van der Waals surface area contributed by atoms with Gasteiger partial charge in [0, 0.05) is 19.7 Å². The second kappa shape index (κ2) is 4.52. The molecule has 3 heteroatoms. The number of fused-ring (bicyclic) bond motifs is 1. The lowest BCUT2D eigenvalue weighted by Crippen LogP contribution is -2.49. The van der Waals surface area contributed by atoms with Crippen LogP contribution in [0.2, 0.25) is 0 Å². The molecule has 1 saturated heterocycles. The SMILES string of the molecule is COC(C)C(=O)N1CCCC2CCCC21. The zero-order valence-electron chi connectivity index (χ0n) is 9.74. The van der Waals surface area contributed by atoms with Crippen molar-refractivity contribution in [2.45, 2.75) is 51.2 Å². The quantitative estimate of drug-likeness (QED) is 0.697. The number of methoxy groups -OCH3 is 1. The molecule has 0 spiro atoms. The Bertz CT molecular complexity index is 242. The highest BCUT2D eigenvalue weighted by Crippen LogP contribution is 2.36. The van der Waals surface area contributed by atoms with Gasteiger partial charge >= 0.3 is 0 Å². The summed E-state index contributed by atoms with van der Waals surface area (Å²) in [6.45, 7) is 2.79. The minimum Gasteiger partial charge on any atom is -0.372 e. The van der Waals surface area contributed by atoms with Crippen molar-refractivity contribution in [3.05, 3.63) is 0 Å². The molecule has 2 rings (SSSR count). The number of carbonyl (C=O) groups excluding carboxylic acids is 1. The number of likely N-dealkylation sites (tertiary alicyclic amines) is 1. The van der Waals surface area contributed by atoms with E-state index in [1.54, 1.807) is 7.11 Å². The Morgan fingerprint density at radius 2 is 2.07 bits per heavy atom. The van der Waals surface area contributed by atoms with Crippen molar-refractivity contribution in [3.63, 3.8) is 0 Å². The first-order valence-electron chi connectivity index (χ1n) is 6.07. The third kappa shape index (κ3) is 2.03. The monoisotopic (exact) mass is 211 g/mol. The summed E-state index contributed by atoms with van der Waals surface area (Å²) in [5.41, 5.74) is 0. The van der Waals surface area contributed by atoms with E-state index in [-0.39, 0.29) is 12.0 Å². The fourth-order valence-electron chi connectivity index (χ4n) is 3.06. The average molecular weight is 211 g/mol. The zero-order chi connectivity index (χ0) is 10.8. The molecule has 15 heavy (non-hydrogen) atoms. The summed E-state index contributed by atoms with van der Waals surface area (Å²) < 4.78 is 5.12. The van der Waals surface area contributed by atoms with Crippen LogP contribution in [-0.2, 0) is 9.53 Å². The summed E-state index contributed by atoms with van der Waals surface area (Å²) in [4.78, 5) is 14.2. The van der Waals surface area contributed by atoms with Gasteiger partial charge in [-0.3, -0.25) is 4.79 Å². The van der Waals surface area contributed by atoms with E-state index in [0.717, 1.165) is 12.5 Å². The summed E-state index contributed by atoms with van der Waals surface area (Å²) in [5, 5.41) is 0. The summed E-state index contributed by atoms with van der Waals surface area (Å²) in [5.74, 6) is 0.959. The Hall–Kier alpha value is -0.570. The molecule has 0 aromatic carbocycles. The van der Waals surface area contributed by atoms with Crippen LogP contribution in [0.25, 0.3) is 0 Å². The van der Waals surface area contributed by atoms with Gasteiger partial charge in [-0.1, -0.05) is 6.42 Å². The summed E-state index contributed by atoms with van der Waals surface area (Å²) in [6, 6.07) is 0.517. The van der Waals surface area contributed by atoms with Crippen molar-refractivity contribution in [2.75, 3.05) is 13.7 Å². The van der Waals surface area contributed by atoms with E-state index in [9.17, 15) is 4.79 Å². The molecule has 86 valence electrons. The molecule has 1 saturated carbocycles. The molecule has 2 fully saturated rings. The van der Waals surface area contributed by atoms with Crippen LogP contribution in [0.15, 0.2) is 0 Å². The number of piperidine rings is 1. The number of rotatable bonds is 2. The predicted octanol–water partition coefficient (Wildman–Crippen LogP) is 1.81. The summed E-state index contributed by atoms with van der Waals surface area (Å²) in [6.07, 6.45) is 6.02. The third-order valence-electron chi connectivity index (χ3n) is 3.98. The highest BCUT2D eigenvalue weighted by molar-refractivity contribution is 5.81. The van der Waals surface area contributed by atoms with E-state index < -0.39 is 0 Å². The van der Waals surface area contributed by atoms with Gasteiger partial charge in [-0.2, -0.15) is 0 Å². The first-order valence-corrected chi connectivity index (χ1v) is 6.07. The van der Waals surface area contributed by atoms with E-state index in [1.165, 1.54) is 32.1 Å². The van der Waals surface area contributed by atoms with Gasteiger partial charge in [0.1, 0.15) is 6.10 Å². The van der Waals surface area contributed by atoms with Crippen molar-refractivity contribution >= 4 is 5.91 Å². The lowest BCUT2D eigenvalue weighted by molar-refractivity contribution is -0.145. The molecule has 0 bridgehead atoms. The van der Waals surface area contributed by atoms with Crippen LogP contribution in [0.1, 0.15) is 39.0 Å². The van der Waals surface area contributed by atoms with Gasteiger partial charge in [-0.05, 0) is 38.5 Å². The smallest absolute Gasteiger partial charge is 0.251 e. The zero-order valence-corrected chi connectivity index (χ0v) is 9.74. The van der Waals surface area contributed by atoms with Gasteiger partial charge in [0.15, 0.2) is 0 Å². The molecule has 3 atom stereocenters. The third-order valence-corrected chi connectivity index (χ3v) is 3.98. The van der Waals surface area contributed by atoms with Gasteiger partial charge < -0.3 is 9.64 Å². The largest absolute Gasteiger partial charge is 0.372 e. The van der Waals surface area contributed by atoms with E-state index in [0.29, 0.717) is 6.04 Å². The van der Waals surface area contributed by atoms with Crippen LogP contribution in [-0.4, -0.2) is 36.6 Å². The molecule has 1 amide bonds. The van der Waals surface area contributed by atoms with Crippen LogP contribution in [0.5, 0.6) is 0 Å². The normalized spacial score (nSPS) is 32.5. The maximum Gasteiger partial charge on any atom is 0.251 e. The first kappa shape index (κ1) is 10.9. The number of amides is 1. The van der Waals surface area contributed by atoms with Gasteiger partial charge in [-0.15, -0.1) is 0 Å². The Kier molecular flexibility index (Phi) is 3.29. The van der Waals surface area contributed by atoms with Crippen molar-refractivity contribution < 1.29 is 9.53 Å². The minimum atomic E-state index is -0.274. The maximum absolute atomic E-state index is 12.1. The highest BCUT2D eigenvalue weighted by Gasteiger charge is 2.38. The molecular formula is C12H21NO2. The van der Waals surface area contributed by atoms with Crippen molar-refractivity contribution in [3.8, 4) is 0 Å². The molecule has 0 N–H and O–H groups in total. The highest BCUT2D eigenvalue weighted by atomic mass is 16.5. The van der Waals surface area contributed by atoms with Crippen LogP contribution < -0.4 is 0 Å². The molecule has 0 radical (unpaired) electrons. The lowest BCUT2D eigenvalue weighted by atomic mass is 9.91. The van der Waals surface area contributed by atoms with Crippen LogP contribution in [0.4, 0.5) is 0 Å². The standard InChI is InChI=1S/C12H21NO2/c1-9(15-2)12(14)13-8-4-6-10-5-3-7-11(10)13/h9-11H,3-8H2,1-2H3. The van der Waals surface area contributed by atoms with E-state index in [1.807, 2.05) is 6.92 Å². The number of hydrogen-bond donors (Lipinski definition) is 0. The second-order valence-corrected chi connectivity index (χ2v) is 4.81. The van der Waals surface area contributed by atoms with Gasteiger partial charge in [0.05, 0.1) is 0 Å².